The van der Waals surface area contributed by atoms with Gasteiger partial charge >= 0.3 is 23.9 Å². The molecule has 0 aliphatic carbocycles. The predicted molar refractivity (Wildman–Crippen MR) is 67.8 cm³/mol. The smallest absolute Gasteiger partial charge is 0.400 e. The predicted octanol–water partition coefficient (Wildman–Crippen LogP) is 0.0212. The largest absolute Gasteiger partial charge is 0.441 e. The van der Waals surface area contributed by atoms with Crippen molar-refractivity contribution in [1.29, 1.82) is 0 Å². The number of quaternary nitrogens is 1. The van der Waals surface area contributed by atoms with Gasteiger partial charge in [-0.2, -0.15) is 5.21 Å². The summed E-state index contributed by atoms with van der Waals surface area (Å²) < 4.78 is 4.85. The number of alkyl halides is 1. The molecule has 3 unspecified atom stereocenters. The van der Waals surface area contributed by atoms with E-state index in [0.717, 1.165) is 0 Å². The highest BCUT2D eigenvalue weighted by Gasteiger charge is 2.61. The number of rotatable bonds is 4. The summed E-state index contributed by atoms with van der Waals surface area (Å²) in [5.41, 5.74) is -0.801. The van der Waals surface area contributed by atoms with Crippen molar-refractivity contribution in [3.63, 3.8) is 0 Å². The first-order valence-electron chi connectivity index (χ1n) is 6.25. The van der Waals surface area contributed by atoms with Crippen molar-refractivity contribution in [3.05, 3.63) is 35.9 Å². The van der Waals surface area contributed by atoms with Crippen molar-refractivity contribution in [2.45, 2.75) is 12.0 Å². The van der Waals surface area contributed by atoms with Gasteiger partial charge in [0.2, 0.25) is 5.56 Å². The Labute approximate surface area is 134 Å². The van der Waals surface area contributed by atoms with Crippen LogP contribution in [0.4, 0.5) is 4.79 Å². The number of amides is 2. The standard InChI is InChI=1S/C13H10ClNO8/c14-10(7-4-2-1-3-5-7)22-12(18)8-6-9(16)15(21,11(8)17)23-13(19)20/h1-5,8,10,21H,6H2. The van der Waals surface area contributed by atoms with Crippen molar-refractivity contribution < 1.29 is 43.9 Å². The van der Waals surface area contributed by atoms with Crippen molar-refractivity contribution in [1.82, 2.24) is 0 Å². The van der Waals surface area contributed by atoms with E-state index in [-0.39, 0.29) is 0 Å². The van der Waals surface area contributed by atoms with Crippen LogP contribution < -0.4 is 5.11 Å². The lowest BCUT2D eigenvalue weighted by atomic mass is 10.1. The number of halogens is 1. The van der Waals surface area contributed by atoms with Gasteiger partial charge in [-0.25, -0.2) is 9.59 Å². The monoisotopic (exact) mass is 343 g/mol. The van der Waals surface area contributed by atoms with Gasteiger partial charge in [0.05, 0.1) is 11.2 Å². The molecule has 2 amide bonds. The summed E-state index contributed by atoms with van der Waals surface area (Å²) in [4.78, 5) is 46.9. The third-order valence-electron chi connectivity index (χ3n) is 3.09. The van der Waals surface area contributed by atoms with Gasteiger partial charge < -0.3 is 19.5 Å². The van der Waals surface area contributed by atoms with Gasteiger partial charge in [0.1, 0.15) is 0 Å². The Hall–Kier alpha value is -2.49. The van der Waals surface area contributed by atoms with E-state index in [1.54, 1.807) is 30.3 Å². The summed E-state index contributed by atoms with van der Waals surface area (Å²) in [7, 11) is 0. The third kappa shape index (κ3) is 3.31. The number of carbonyl (C=O) groups excluding carboxylic acids is 4. The van der Waals surface area contributed by atoms with E-state index < -0.39 is 46.7 Å². The lowest BCUT2D eigenvalue weighted by Crippen LogP contribution is -2.54. The van der Waals surface area contributed by atoms with Crippen molar-refractivity contribution in [2.24, 2.45) is 5.92 Å². The molecule has 0 aromatic heterocycles. The molecule has 1 fully saturated rings. The molecule has 1 aromatic rings. The molecule has 9 nitrogen and oxygen atoms in total. The minimum absolute atomic E-state index is 0.426. The second kappa shape index (κ2) is 6.32. The molecule has 0 radical (unpaired) electrons. The summed E-state index contributed by atoms with van der Waals surface area (Å²) >= 11 is 5.88. The summed E-state index contributed by atoms with van der Waals surface area (Å²) in [6.07, 6.45) is -3.09. The number of nitrogens with zero attached hydrogens (tertiary/aromatic N) is 1. The zero-order chi connectivity index (χ0) is 17.2. The van der Waals surface area contributed by atoms with Crippen LogP contribution in [0.5, 0.6) is 0 Å². The Kier molecular flexibility index (Phi) is 4.64. The van der Waals surface area contributed by atoms with Crippen LogP contribution in [0.25, 0.3) is 0 Å². The quantitative estimate of drug-likeness (QED) is 0.202. The Balaban J connectivity index is 2.10. The van der Waals surface area contributed by atoms with Crippen LogP contribution >= 0.6 is 11.6 Å². The van der Waals surface area contributed by atoms with Gasteiger partial charge in [-0.3, -0.25) is 4.79 Å². The minimum Gasteiger partial charge on any atom is -0.441 e. The van der Waals surface area contributed by atoms with E-state index in [0.29, 0.717) is 5.56 Å². The number of carbonyl (C=O) groups is 4. The van der Waals surface area contributed by atoms with E-state index >= 15 is 0 Å². The van der Waals surface area contributed by atoms with Crippen LogP contribution in [0.3, 0.4) is 0 Å². The molecule has 0 saturated carbocycles. The van der Waals surface area contributed by atoms with Gasteiger partial charge in [-0.1, -0.05) is 41.9 Å². The molecule has 0 spiro atoms. The first-order chi connectivity index (χ1) is 10.8. The topological polar surface area (TPSA) is 130 Å². The van der Waals surface area contributed by atoms with Crippen LogP contribution in [0.2, 0.25) is 0 Å². The van der Waals surface area contributed by atoms with E-state index in [1.165, 1.54) is 0 Å². The second-order valence-electron chi connectivity index (χ2n) is 4.57. The van der Waals surface area contributed by atoms with Crippen molar-refractivity contribution in [3.8, 4) is 0 Å². The maximum atomic E-state index is 11.9. The number of carboxylic acid groups (broad SMARTS) is 1. The van der Waals surface area contributed by atoms with Gasteiger partial charge in [-0.05, 0) is 0 Å². The first kappa shape index (κ1) is 16.9. The third-order valence-corrected chi connectivity index (χ3v) is 3.43. The highest BCUT2D eigenvalue weighted by atomic mass is 35.5. The van der Waals surface area contributed by atoms with Gasteiger partial charge in [0, 0.05) is 5.56 Å². The number of esters is 1. The molecule has 2 rings (SSSR count). The average Bonchev–Trinajstić information content (AvgIpc) is 2.71. The van der Waals surface area contributed by atoms with Gasteiger partial charge in [0.25, 0.3) is 0 Å². The number of ether oxygens (including phenoxy) is 1. The number of imide groups is 1. The SMILES string of the molecule is O=C([O-])O[N+]1(O)C(=O)CC(C(=O)OC(Cl)c2ccccc2)C1=O. The van der Waals surface area contributed by atoms with Gasteiger partial charge in [-0.15, -0.1) is 0 Å². The minimum atomic E-state index is -2.51. The molecule has 23 heavy (non-hydrogen) atoms. The zero-order valence-electron chi connectivity index (χ0n) is 11.4. The number of benzene rings is 1. The number of hydroxylamine groups is 4. The zero-order valence-corrected chi connectivity index (χ0v) is 12.1. The van der Waals surface area contributed by atoms with Crippen molar-refractivity contribution >= 4 is 35.5 Å². The molecule has 1 saturated heterocycles. The van der Waals surface area contributed by atoms with E-state index in [4.69, 9.17) is 16.3 Å². The van der Waals surface area contributed by atoms with E-state index in [1.807, 2.05) is 0 Å². The summed E-state index contributed by atoms with van der Waals surface area (Å²) in [5.74, 6) is -5.77. The first-order valence-corrected chi connectivity index (χ1v) is 6.69. The lowest BCUT2D eigenvalue weighted by molar-refractivity contribution is -1.12. The highest BCUT2D eigenvalue weighted by Crippen LogP contribution is 2.30. The molecule has 10 heteroatoms. The summed E-state index contributed by atoms with van der Waals surface area (Å²) in [6.45, 7) is 0. The lowest BCUT2D eigenvalue weighted by Gasteiger charge is -2.20. The molecular weight excluding hydrogens is 334 g/mol. The number of hydrogen-bond acceptors (Lipinski definition) is 8. The van der Waals surface area contributed by atoms with Crippen molar-refractivity contribution in [2.75, 3.05) is 0 Å². The molecular formula is C13H10ClNO8. The molecule has 0 bridgehead atoms. The van der Waals surface area contributed by atoms with E-state index in [9.17, 15) is 29.5 Å². The maximum Gasteiger partial charge on any atom is 0.400 e. The number of hydrogen-bond donors (Lipinski definition) is 1. The Morgan fingerprint density at radius 2 is 1.91 bits per heavy atom. The van der Waals surface area contributed by atoms with Crippen LogP contribution in [0.15, 0.2) is 30.3 Å². The Morgan fingerprint density at radius 3 is 2.48 bits per heavy atom. The fourth-order valence-electron chi connectivity index (χ4n) is 1.96. The molecule has 1 heterocycles. The second-order valence-corrected chi connectivity index (χ2v) is 4.97. The van der Waals surface area contributed by atoms with Crippen LogP contribution in [-0.2, 0) is 24.0 Å². The Bertz CT molecular complexity index is 663. The Morgan fingerprint density at radius 1 is 1.30 bits per heavy atom. The molecule has 1 aliphatic rings. The normalized spacial score (nSPS) is 25.0. The molecule has 3 atom stereocenters. The summed E-state index contributed by atoms with van der Waals surface area (Å²) in [6, 6.07) is 8.14. The van der Waals surface area contributed by atoms with Crippen LogP contribution in [0.1, 0.15) is 17.5 Å². The molecule has 1 aliphatic heterocycles. The molecule has 1 N–H and O–H groups in total. The average molecular weight is 344 g/mol. The van der Waals surface area contributed by atoms with Crippen LogP contribution in [-0.4, -0.2) is 34.0 Å². The fourth-order valence-corrected chi connectivity index (χ4v) is 2.20. The van der Waals surface area contributed by atoms with Gasteiger partial charge in [0.15, 0.2) is 5.92 Å². The highest BCUT2D eigenvalue weighted by molar-refractivity contribution is 6.20. The summed E-state index contributed by atoms with van der Waals surface area (Å²) in [5, 5.41) is 20.0. The van der Waals surface area contributed by atoms with E-state index in [2.05, 4.69) is 4.84 Å². The fraction of sp³-hybridized carbons (Fsp3) is 0.231. The maximum absolute atomic E-state index is 11.9. The molecule has 1 aromatic carbocycles. The molecule has 122 valence electrons. The van der Waals surface area contributed by atoms with Crippen LogP contribution in [0, 0.1) is 5.92 Å².